The molecule has 5 heteroatoms. The minimum Gasteiger partial charge on any atom is -0.315 e. The van der Waals surface area contributed by atoms with Crippen LogP contribution in [0.2, 0.25) is 5.02 Å². The first kappa shape index (κ1) is 17.0. The molecule has 2 fully saturated rings. The summed E-state index contributed by atoms with van der Waals surface area (Å²) in [7, 11) is 0. The molecular weight excluding hydrogens is 305 g/mol. The first-order valence-corrected chi connectivity index (χ1v) is 8.07. The van der Waals surface area contributed by atoms with Gasteiger partial charge in [-0.25, -0.2) is 0 Å². The minimum absolute atomic E-state index is 0. The highest BCUT2D eigenvalue weighted by atomic mass is 35.5. The second-order valence-corrected chi connectivity index (χ2v) is 6.32. The Labute approximate surface area is 139 Å². The fourth-order valence-corrected chi connectivity index (χ4v) is 3.75. The highest BCUT2D eigenvalue weighted by Crippen LogP contribution is 2.28. The molecular formula is C16H25Cl2N3. The third kappa shape index (κ3) is 3.91. The molecule has 0 aliphatic carbocycles. The van der Waals surface area contributed by atoms with Gasteiger partial charge in [0.2, 0.25) is 0 Å². The number of nitrogens with one attached hydrogen (secondary N) is 1. The van der Waals surface area contributed by atoms with E-state index in [-0.39, 0.29) is 12.4 Å². The van der Waals surface area contributed by atoms with E-state index in [1.807, 2.05) is 12.1 Å². The summed E-state index contributed by atoms with van der Waals surface area (Å²) in [6.45, 7) is 9.27. The smallest absolute Gasteiger partial charge is 0.0453 e. The zero-order valence-electron chi connectivity index (χ0n) is 12.6. The van der Waals surface area contributed by atoms with Crippen molar-refractivity contribution < 1.29 is 0 Å². The largest absolute Gasteiger partial charge is 0.315 e. The van der Waals surface area contributed by atoms with Gasteiger partial charge >= 0.3 is 0 Å². The maximum absolute atomic E-state index is 6.33. The minimum atomic E-state index is 0. The fourth-order valence-electron chi connectivity index (χ4n) is 3.45. The Morgan fingerprint density at radius 2 is 1.90 bits per heavy atom. The summed E-state index contributed by atoms with van der Waals surface area (Å²) in [6.07, 6.45) is 1.31. The summed E-state index contributed by atoms with van der Waals surface area (Å²) in [4.78, 5) is 5.20. The molecule has 2 heterocycles. The summed E-state index contributed by atoms with van der Waals surface area (Å²) in [5, 5.41) is 4.36. The average molecular weight is 330 g/mol. The van der Waals surface area contributed by atoms with Gasteiger partial charge in [-0.15, -0.1) is 12.4 Å². The van der Waals surface area contributed by atoms with Crippen LogP contribution in [0.15, 0.2) is 24.3 Å². The molecule has 2 aliphatic heterocycles. The van der Waals surface area contributed by atoms with Crippen molar-refractivity contribution in [1.82, 2.24) is 15.1 Å². The van der Waals surface area contributed by atoms with Gasteiger partial charge in [0, 0.05) is 49.8 Å². The van der Waals surface area contributed by atoms with E-state index in [2.05, 4.69) is 34.2 Å². The molecule has 3 rings (SSSR count). The predicted octanol–water partition coefficient (Wildman–Crippen LogP) is 2.80. The first-order valence-electron chi connectivity index (χ1n) is 7.69. The molecule has 2 unspecified atom stereocenters. The molecule has 2 atom stereocenters. The van der Waals surface area contributed by atoms with Crippen molar-refractivity contribution in [1.29, 1.82) is 0 Å². The highest BCUT2D eigenvalue weighted by molar-refractivity contribution is 6.31. The molecule has 2 aliphatic rings. The topological polar surface area (TPSA) is 18.5 Å². The van der Waals surface area contributed by atoms with E-state index < -0.39 is 0 Å². The van der Waals surface area contributed by atoms with E-state index in [0.29, 0.717) is 6.04 Å². The lowest BCUT2D eigenvalue weighted by molar-refractivity contribution is 0.0787. The van der Waals surface area contributed by atoms with Crippen molar-refractivity contribution >= 4 is 24.0 Å². The zero-order chi connectivity index (χ0) is 13.9. The summed E-state index contributed by atoms with van der Waals surface area (Å²) >= 11 is 6.33. The van der Waals surface area contributed by atoms with Gasteiger partial charge in [0.05, 0.1) is 0 Å². The summed E-state index contributed by atoms with van der Waals surface area (Å²) in [5.41, 5.74) is 1.25. The van der Waals surface area contributed by atoms with Crippen LogP contribution in [0.1, 0.15) is 24.9 Å². The van der Waals surface area contributed by atoms with Crippen molar-refractivity contribution in [3.05, 3.63) is 34.9 Å². The Bertz CT molecular complexity index is 441. The number of hydrogen-bond donors (Lipinski definition) is 1. The van der Waals surface area contributed by atoms with E-state index in [1.165, 1.54) is 38.2 Å². The van der Waals surface area contributed by atoms with Crippen molar-refractivity contribution in [2.75, 3.05) is 39.3 Å². The van der Waals surface area contributed by atoms with Crippen LogP contribution in [0.4, 0.5) is 0 Å². The SMILES string of the molecule is CC(c1ccccc1Cl)N1CCN(C2CCNC2)CC1.Cl. The van der Waals surface area contributed by atoms with Gasteiger partial charge in [0.15, 0.2) is 0 Å². The molecule has 0 aromatic heterocycles. The van der Waals surface area contributed by atoms with Crippen LogP contribution in [0, 0.1) is 0 Å². The van der Waals surface area contributed by atoms with Crippen LogP contribution < -0.4 is 5.32 Å². The maximum Gasteiger partial charge on any atom is 0.0453 e. The van der Waals surface area contributed by atoms with Gasteiger partial charge in [-0.3, -0.25) is 9.80 Å². The molecule has 0 radical (unpaired) electrons. The van der Waals surface area contributed by atoms with Crippen LogP contribution >= 0.6 is 24.0 Å². The van der Waals surface area contributed by atoms with Gasteiger partial charge in [0.25, 0.3) is 0 Å². The van der Waals surface area contributed by atoms with Crippen LogP contribution in [-0.4, -0.2) is 55.1 Å². The van der Waals surface area contributed by atoms with Gasteiger partial charge in [-0.2, -0.15) is 0 Å². The van der Waals surface area contributed by atoms with Gasteiger partial charge in [0.1, 0.15) is 0 Å². The molecule has 0 spiro atoms. The van der Waals surface area contributed by atoms with Gasteiger partial charge < -0.3 is 5.32 Å². The number of benzene rings is 1. The van der Waals surface area contributed by atoms with Crippen LogP contribution in [0.3, 0.4) is 0 Å². The molecule has 3 nitrogen and oxygen atoms in total. The Morgan fingerprint density at radius 1 is 1.19 bits per heavy atom. The molecule has 21 heavy (non-hydrogen) atoms. The highest BCUT2D eigenvalue weighted by Gasteiger charge is 2.28. The van der Waals surface area contributed by atoms with Crippen molar-refractivity contribution in [2.45, 2.75) is 25.4 Å². The number of halogens is 2. The summed E-state index contributed by atoms with van der Waals surface area (Å²) in [5.74, 6) is 0. The molecule has 1 N–H and O–H groups in total. The van der Waals surface area contributed by atoms with E-state index in [9.17, 15) is 0 Å². The van der Waals surface area contributed by atoms with Crippen molar-refractivity contribution in [3.63, 3.8) is 0 Å². The Morgan fingerprint density at radius 3 is 2.52 bits per heavy atom. The fraction of sp³-hybridized carbons (Fsp3) is 0.625. The normalized spacial score (nSPS) is 25.5. The second-order valence-electron chi connectivity index (χ2n) is 5.92. The van der Waals surface area contributed by atoms with Crippen molar-refractivity contribution in [3.8, 4) is 0 Å². The van der Waals surface area contributed by atoms with Crippen molar-refractivity contribution in [2.24, 2.45) is 0 Å². The van der Waals surface area contributed by atoms with Gasteiger partial charge in [-0.05, 0) is 31.5 Å². The number of piperazine rings is 1. The van der Waals surface area contributed by atoms with Crippen LogP contribution in [-0.2, 0) is 0 Å². The molecule has 0 saturated carbocycles. The van der Waals surface area contributed by atoms with Crippen LogP contribution in [0.5, 0.6) is 0 Å². The molecule has 1 aromatic carbocycles. The standard InChI is InChI=1S/C16H24ClN3.ClH/c1-13(15-4-2-3-5-16(15)17)19-8-10-20(11-9-19)14-6-7-18-12-14;/h2-5,13-14,18H,6-12H2,1H3;1H. The molecule has 0 amide bonds. The Balaban J connectivity index is 0.00000161. The first-order chi connectivity index (χ1) is 9.75. The van der Waals surface area contributed by atoms with E-state index in [4.69, 9.17) is 11.6 Å². The Kier molecular flexibility index (Phi) is 6.33. The predicted molar refractivity (Wildman–Crippen MR) is 91.5 cm³/mol. The lowest BCUT2D eigenvalue weighted by atomic mass is 10.1. The second kappa shape index (κ2) is 7.80. The lowest BCUT2D eigenvalue weighted by Crippen LogP contribution is -2.51. The van der Waals surface area contributed by atoms with Gasteiger partial charge in [-0.1, -0.05) is 29.8 Å². The molecule has 2 saturated heterocycles. The number of nitrogens with zero attached hydrogens (tertiary/aromatic N) is 2. The quantitative estimate of drug-likeness (QED) is 0.919. The average Bonchev–Trinajstić information content (AvgIpc) is 3.01. The van der Waals surface area contributed by atoms with E-state index >= 15 is 0 Å². The molecule has 0 bridgehead atoms. The molecule has 1 aromatic rings. The lowest BCUT2D eigenvalue weighted by Gasteiger charge is -2.40. The monoisotopic (exact) mass is 329 g/mol. The Hall–Kier alpha value is -0.320. The van der Waals surface area contributed by atoms with E-state index in [1.54, 1.807) is 0 Å². The maximum atomic E-state index is 6.33. The number of hydrogen-bond acceptors (Lipinski definition) is 3. The van der Waals surface area contributed by atoms with Crippen LogP contribution in [0.25, 0.3) is 0 Å². The zero-order valence-corrected chi connectivity index (χ0v) is 14.2. The molecule has 118 valence electrons. The summed E-state index contributed by atoms with van der Waals surface area (Å²) < 4.78 is 0. The summed E-state index contributed by atoms with van der Waals surface area (Å²) in [6, 6.07) is 9.40. The number of rotatable bonds is 3. The van der Waals surface area contributed by atoms with E-state index in [0.717, 1.165) is 24.2 Å². The third-order valence-electron chi connectivity index (χ3n) is 4.80. The third-order valence-corrected chi connectivity index (χ3v) is 5.15.